The molecule has 3 rings (SSSR count). The molecule has 148 valence electrons. The van der Waals surface area contributed by atoms with Crippen molar-refractivity contribution in [3.05, 3.63) is 57.5 Å². The van der Waals surface area contributed by atoms with Crippen LogP contribution in [0.25, 0.3) is 11.1 Å². The fraction of sp³-hybridized carbons (Fsp3) is 0.222. The van der Waals surface area contributed by atoms with E-state index in [1.54, 1.807) is 12.1 Å². The lowest BCUT2D eigenvalue weighted by atomic mass is 10.1. The van der Waals surface area contributed by atoms with Crippen LogP contribution in [0.1, 0.15) is 10.4 Å². The summed E-state index contributed by atoms with van der Waals surface area (Å²) in [5, 5.41) is 0.274. The number of carbonyl (C=O) groups excluding carboxylic acids is 1. The molecular formula is C18H17ClN2O6S. The molecule has 0 unspecified atom stereocenters. The third-order valence-electron chi connectivity index (χ3n) is 4.19. The highest BCUT2D eigenvalue weighted by molar-refractivity contribution is 7.89. The molecule has 0 spiro atoms. The largest absolute Gasteiger partial charge is 0.495 e. The van der Waals surface area contributed by atoms with E-state index < -0.39 is 15.8 Å². The number of aromatic nitrogens is 1. The third-order valence-corrected chi connectivity index (χ3v) is 6.30. The van der Waals surface area contributed by atoms with Gasteiger partial charge in [0, 0.05) is 25.7 Å². The first kappa shape index (κ1) is 20.1. The van der Waals surface area contributed by atoms with E-state index in [1.807, 2.05) is 0 Å². The van der Waals surface area contributed by atoms with Crippen molar-refractivity contribution in [1.29, 1.82) is 0 Å². The van der Waals surface area contributed by atoms with E-state index in [1.165, 1.54) is 45.5 Å². The number of hydrogen-bond acceptors (Lipinski definition) is 6. The summed E-state index contributed by atoms with van der Waals surface area (Å²) < 4.78 is 36.9. The molecule has 0 N–H and O–H groups in total. The lowest BCUT2D eigenvalue weighted by molar-refractivity contribution is 0.0970. The minimum Gasteiger partial charge on any atom is -0.495 e. The zero-order chi connectivity index (χ0) is 20.6. The van der Waals surface area contributed by atoms with Gasteiger partial charge in [-0.1, -0.05) is 11.6 Å². The van der Waals surface area contributed by atoms with Crippen LogP contribution in [0, 0.1) is 0 Å². The number of halogens is 1. The Hall–Kier alpha value is -2.62. The molecule has 0 bridgehead atoms. The van der Waals surface area contributed by atoms with Crippen LogP contribution in [0.3, 0.4) is 0 Å². The molecular weight excluding hydrogens is 408 g/mol. The van der Waals surface area contributed by atoms with Crippen molar-refractivity contribution >= 4 is 38.5 Å². The Bertz CT molecular complexity index is 1230. The van der Waals surface area contributed by atoms with E-state index >= 15 is 0 Å². The lowest BCUT2D eigenvalue weighted by Crippen LogP contribution is -2.22. The Morgan fingerprint density at radius 3 is 2.54 bits per heavy atom. The fourth-order valence-electron chi connectivity index (χ4n) is 2.64. The maximum atomic E-state index is 12.6. The second-order valence-corrected chi connectivity index (χ2v) is 8.70. The quantitative estimate of drug-likeness (QED) is 0.563. The van der Waals surface area contributed by atoms with Gasteiger partial charge >= 0.3 is 5.76 Å². The number of carbonyl (C=O) groups is 1. The highest BCUT2D eigenvalue weighted by Crippen LogP contribution is 2.26. The van der Waals surface area contributed by atoms with Crippen molar-refractivity contribution in [2.45, 2.75) is 11.4 Å². The van der Waals surface area contributed by atoms with Crippen molar-refractivity contribution in [2.24, 2.45) is 0 Å². The highest BCUT2D eigenvalue weighted by atomic mass is 35.5. The van der Waals surface area contributed by atoms with Crippen LogP contribution in [0.5, 0.6) is 5.75 Å². The molecule has 0 aliphatic carbocycles. The van der Waals surface area contributed by atoms with Gasteiger partial charge in [-0.15, -0.1) is 0 Å². The molecule has 0 saturated carbocycles. The van der Waals surface area contributed by atoms with Crippen molar-refractivity contribution in [3.8, 4) is 5.75 Å². The van der Waals surface area contributed by atoms with Crippen LogP contribution in [0.15, 0.2) is 50.5 Å². The van der Waals surface area contributed by atoms with Crippen LogP contribution < -0.4 is 10.5 Å². The average Bonchev–Trinajstić information content (AvgIpc) is 2.96. The molecule has 3 aromatic rings. The zero-order valence-electron chi connectivity index (χ0n) is 15.3. The van der Waals surface area contributed by atoms with Crippen LogP contribution >= 0.6 is 11.6 Å². The topological polar surface area (TPSA) is 98.8 Å². The summed E-state index contributed by atoms with van der Waals surface area (Å²) in [6.07, 6.45) is 0. The van der Waals surface area contributed by atoms with Gasteiger partial charge in [-0.05, 0) is 30.3 Å². The van der Waals surface area contributed by atoms with Crippen LogP contribution in [0.2, 0.25) is 5.02 Å². The summed E-state index contributed by atoms with van der Waals surface area (Å²) in [4.78, 5) is 24.8. The van der Waals surface area contributed by atoms with Crippen LogP contribution in [0.4, 0.5) is 0 Å². The second-order valence-electron chi connectivity index (χ2n) is 6.14. The first-order valence-corrected chi connectivity index (χ1v) is 9.89. The predicted octanol–water partition coefficient (Wildman–Crippen LogP) is 2.39. The summed E-state index contributed by atoms with van der Waals surface area (Å²) in [6, 6.07) is 8.62. The maximum Gasteiger partial charge on any atom is 0.420 e. The standard InChI is InChI=1S/C18H17ClN2O6S/c1-20(2)28(24,25)12-5-6-14-17(9-12)27-18(23)21(14)10-15(22)11-4-7-16(26-3)13(19)8-11/h4-9H,10H2,1-3H3. The van der Waals surface area contributed by atoms with Gasteiger partial charge < -0.3 is 9.15 Å². The molecule has 10 heteroatoms. The Balaban J connectivity index is 1.98. The summed E-state index contributed by atoms with van der Waals surface area (Å²) in [5.41, 5.74) is 0.697. The zero-order valence-corrected chi connectivity index (χ0v) is 16.9. The van der Waals surface area contributed by atoms with Gasteiger partial charge in [0.25, 0.3) is 0 Å². The van der Waals surface area contributed by atoms with E-state index in [0.29, 0.717) is 16.8 Å². The first-order chi connectivity index (χ1) is 13.1. The number of benzene rings is 2. The molecule has 1 aromatic heterocycles. The Labute approximate surface area is 165 Å². The Morgan fingerprint density at radius 2 is 1.93 bits per heavy atom. The van der Waals surface area contributed by atoms with Gasteiger partial charge in [-0.2, -0.15) is 0 Å². The second kappa shape index (κ2) is 7.42. The molecule has 1 heterocycles. The summed E-state index contributed by atoms with van der Waals surface area (Å²) >= 11 is 6.04. The number of ketones is 1. The average molecular weight is 425 g/mol. The van der Waals surface area contributed by atoms with Crippen LogP contribution in [-0.4, -0.2) is 44.3 Å². The molecule has 8 nitrogen and oxygen atoms in total. The first-order valence-electron chi connectivity index (χ1n) is 8.08. The van der Waals surface area contributed by atoms with Crippen molar-refractivity contribution in [3.63, 3.8) is 0 Å². The van der Waals surface area contributed by atoms with Gasteiger partial charge in [0.1, 0.15) is 5.75 Å². The molecule has 2 aromatic carbocycles. The molecule has 0 atom stereocenters. The van der Waals surface area contributed by atoms with Gasteiger partial charge in [-0.3, -0.25) is 9.36 Å². The van der Waals surface area contributed by atoms with Crippen molar-refractivity contribution < 1.29 is 22.4 Å². The number of methoxy groups -OCH3 is 1. The normalized spacial score (nSPS) is 11.9. The molecule has 0 aliphatic rings. The Kier molecular flexibility index (Phi) is 5.33. The number of fused-ring (bicyclic) bond motifs is 1. The smallest absolute Gasteiger partial charge is 0.420 e. The van der Waals surface area contributed by atoms with E-state index in [0.717, 1.165) is 8.87 Å². The van der Waals surface area contributed by atoms with E-state index in [2.05, 4.69) is 0 Å². The summed E-state index contributed by atoms with van der Waals surface area (Å²) in [5.74, 6) is -0.694. The number of sulfonamides is 1. The minimum atomic E-state index is -3.68. The predicted molar refractivity (Wildman–Crippen MR) is 104 cm³/mol. The number of ether oxygens (including phenoxy) is 1. The maximum absolute atomic E-state index is 12.6. The molecule has 0 aliphatic heterocycles. The lowest BCUT2D eigenvalue weighted by Gasteiger charge is -2.11. The van der Waals surface area contributed by atoms with Crippen molar-refractivity contribution in [2.75, 3.05) is 21.2 Å². The van der Waals surface area contributed by atoms with Crippen molar-refractivity contribution in [1.82, 2.24) is 8.87 Å². The highest BCUT2D eigenvalue weighted by Gasteiger charge is 2.21. The summed E-state index contributed by atoms with van der Waals surface area (Å²) in [7, 11) is 0.587. The van der Waals surface area contributed by atoms with E-state index in [9.17, 15) is 18.0 Å². The molecule has 0 amide bonds. The van der Waals surface area contributed by atoms with Gasteiger partial charge in [0.15, 0.2) is 11.4 Å². The number of rotatable bonds is 6. The van der Waals surface area contributed by atoms with Gasteiger partial charge in [-0.25, -0.2) is 17.5 Å². The van der Waals surface area contributed by atoms with Gasteiger partial charge in [0.05, 0.1) is 29.1 Å². The minimum absolute atomic E-state index is 0.0147. The molecule has 0 saturated heterocycles. The van der Waals surface area contributed by atoms with E-state index in [-0.39, 0.29) is 27.8 Å². The number of nitrogens with zero attached hydrogens (tertiary/aromatic N) is 2. The fourth-order valence-corrected chi connectivity index (χ4v) is 3.82. The van der Waals surface area contributed by atoms with Crippen LogP contribution in [-0.2, 0) is 16.6 Å². The number of oxazole rings is 1. The number of hydrogen-bond donors (Lipinski definition) is 0. The molecule has 0 radical (unpaired) electrons. The summed E-state index contributed by atoms with van der Waals surface area (Å²) in [6.45, 7) is -0.283. The monoisotopic (exact) mass is 424 g/mol. The van der Waals surface area contributed by atoms with Gasteiger partial charge in [0.2, 0.25) is 10.0 Å². The Morgan fingerprint density at radius 1 is 1.21 bits per heavy atom. The SMILES string of the molecule is COc1ccc(C(=O)Cn2c(=O)oc3cc(S(=O)(=O)N(C)C)ccc32)cc1Cl. The number of Topliss-reactive ketones (excluding diaryl/α,β-unsaturated/α-hetero) is 1. The van der Waals surface area contributed by atoms with E-state index in [4.69, 9.17) is 20.8 Å². The molecule has 28 heavy (non-hydrogen) atoms. The molecule has 0 fully saturated rings. The third kappa shape index (κ3) is 3.56.